The van der Waals surface area contributed by atoms with Crippen molar-refractivity contribution in [3.8, 4) is 0 Å². The molecule has 84 valence electrons. The lowest BCUT2D eigenvalue weighted by Crippen LogP contribution is -2.40. The monoisotopic (exact) mass is 200 g/mol. The molecule has 0 rings (SSSR count). The first-order valence-corrected chi connectivity index (χ1v) is 5.20. The van der Waals surface area contributed by atoms with Gasteiger partial charge in [0, 0.05) is 0 Å². The summed E-state index contributed by atoms with van der Waals surface area (Å²) in [4.78, 5) is 11.0. The van der Waals surface area contributed by atoms with Gasteiger partial charge < -0.3 is 5.11 Å². The summed E-state index contributed by atoms with van der Waals surface area (Å²) >= 11 is 0. The third-order valence-electron chi connectivity index (χ3n) is 2.76. The molecule has 1 unspecified atom stereocenters. The van der Waals surface area contributed by atoms with Crippen LogP contribution in [0.3, 0.4) is 0 Å². The summed E-state index contributed by atoms with van der Waals surface area (Å²) in [6.45, 7) is 14.5. The fraction of sp³-hybridized carbons (Fsp3) is 0.917. The zero-order valence-corrected chi connectivity index (χ0v) is 10.5. The van der Waals surface area contributed by atoms with Crippen LogP contribution in [0, 0.1) is 22.7 Å². The molecule has 0 aromatic heterocycles. The molecule has 0 heterocycles. The molecule has 0 fully saturated rings. The van der Waals surface area contributed by atoms with Crippen molar-refractivity contribution < 1.29 is 9.90 Å². The number of aliphatic carboxylic acids is 1. The molecule has 0 spiro atoms. The summed E-state index contributed by atoms with van der Waals surface area (Å²) in [6, 6.07) is 0. The summed E-state index contributed by atoms with van der Waals surface area (Å²) in [6.07, 6.45) is 0. The number of carboxylic acids is 1. The van der Waals surface area contributed by atoms with Gasteiger partial charge in [0.2, 0.25) is 0 Å². The number of hydrogen-bond acceptors (Lipinski definition) is 1. The van der Waals surface area contributed by atoms with E-state index in [-0.39, 0.29) is 22.7 Å². The second kappa shape index (κ2) is 3.92. The van der Waals surface area contributed by atoms with E-state index >= 15 is 0 Å². The van der Waals surface area contributed by atoms with Crippen LogP contribution in [0.4, 0.5) is 0 Å². The van der Waals surface area contributed by atoms with E-state index in [4.69, 9.17) is 5.11 Å². The molecule has 2 nitrogen and oxygen atoms in total. The topological polar surface area (TPSA) is 37.3 Å². The number of carboxylic acid groups (broad SMARTS) is 1. The third kappa shape index (κ3) is 3.32. The fourth-order valence-electron chi connectivity index (χ4n) is 2.94. The van der Waals surface area contributed by atoms with Crippen molar-refractivity contribution in [3.63, 3.8) is 0 Å². The second-order valence-electron chi connectivity index (χ2n) is 6.34. The zero-order chi connectivity index (χ0) is 11.7. The Balaban J connectivity index is 5.03. The minimum atomic E-state index is -0.695. The minimum absolute atomic E-state index is 0.0239. The molecule has 0 saturated heterocycles. The molecular weight excluding hydrogens is 176 g/mol. The molecule has 0 aliphatic heterocycles. The van der Waals surface area contributed by atoms with Gasteiger partial charge in [-0.2, -0.15) is 0 Å². The van der Waals surface area contributed by atoms with Crippen molar-refractivity contribution in [1.29, 1.82) is 0 Å². The third-order valence-corrected chi connectivity index (χ3v) is 2.76. The maximum atomic E-state index is 11.0. The molecule has 0 aliphatic rings. The zero-order valence-electron chi connectivity index (χ0n) is 10.5. The van der Waals surface area contributed by atoms with Gasteiger partial charge in [-0.25, -0.2) is 0 Å². The number of hydrogen-bond donors (Lipinski definition) is 1. The molecular formula is C12H24O2. The summed E-state index contributed by atoms with van der Waals surface area (Å²) in [5.41, 5.74) is 0.0477. The SMILES string of the molecule is CC(C(=O)O)C(C(C)(C)C)C(C)(C)C. The van der Waals surface area contributed by atoms with E-state index < -0.39 is 5.97 Å². The van der Waals surface area contributed by atoms with E-state index in [1.165, 1.54) is 0 Å². The molecule has 0 bridgehead atoms. The summed E-state index contributed by atoms with van der Waals surface area (Å²) in [7, 11) is 0. The lowest BCUT2D eigenvalue weighted by atomic mass is 9.61. The Labute approximate surface area is 87.7 Å². The Bertz CT molecular complexity index is 191. The van der Waals surface area contributed by atoms with Crippen molar-refractivity contribution in [2.45, 2.75) is 48.5 Å². The van der Waals surface area contributed by atoms with Crippen LogP contribution in [-0.2, 0) is 4.79 Å². The first kappa shape index (κ1) is 13.5. The molecule has 2 heteroatoms. The maximum Gasteiger partial charge on any atom is 0.306 e. The van der Waals surface area contributed by atoms with Crippen molar-refractivity contribution in [3.05, 3.63) is 0 Å². The van der Waals surface area contributed by atoms with E-state index in [2.05, 4.69) is 41.5 Å². The van der Waals surface area contributed by atoms with Crippen LogP contribution in [-0.4, -0.2) is 11.1 Å². The van der Waals surface area contributed by atoms with Gasteiger partial charge in [-0.1, -0.05) is 48.5 Å². The van der Waals surface area contributed by atoms with Crippen LogP contribution >= 0.6 is 0 Å². The minimum Gasteiger partial charge on any atom is -0.481 e. The van der Waals surface area contributed by atoms with Crippen LogP contribution in [0.2, 0.25) is 0 Å². The number of rotatable bonds is 2. The van der Waals surface area contributed by atoms with E-state index in [1.54, 1.807) is 0 Å². The quantitative estimate of drug-likeness (QED) is 0.741. The van der Waals surface area contributed by atoms with Gasteiger partial charge in [0.1, 0.15) is 0 Å². The summed E-state index contributed by atoms with van der Waals surface area (Å²) in [5, 5.41) is 9.08. The van der Waals surface area contributed by atoms with Gasteiger partial charge in [0.15, 0.2) is 0 Å². The van der Waals surface area contributed by atoms with Crippen molar-refractivity contribution in [2.75, 3.05) is 0 Å². The van der Waals surface area contributed by atoms with E-state index in [0.717, 1.165) is 0 Å². The van der Waals surface area contributed by atoms with Gasteiger partial charge >= 0.3 is 5.97 Å². The first-order valence-electron chi connectivity index (χ1n) is 5.20. The average Bonchev–Trinajstić information content (AvgIpc) is 1.79. The van der Waals surface area contributed by atoms with Crippen molar-refractivity contribution in [1.82, 2.24) is 0 Å². The Morgan fingerprint density at radius 2 is 1.29 bits per heavy atom. The molecule has 1 atom stereocenters. The first-order chi connectivity index (χ1) is 5.98. The molecule has 0 radical (unpaired) electrons. The molecule has 0 aromatic carbocycles. The highest BCUT2D eigenvalue weighted by Crippen LogP contribution is 2.44. The van der Waals surface area contributed by atoms with Crippen LogP contribution in [0.15, 0.2) is 0 Å². The summed E-state index contributed by atoms with van der Waals surface area (Å²) < 4.78 is 0. The van der Waals surface area contributed by atoms with Crippen LogP contribution in [0.25, 0.3) is 0 Å². The van der Waals surface area contributed by atoms with Crippen LogP contribution < -0.4 is 0 Å². The van der Waals surface area contributed by atoms with Gasteiger partial charge in [-0.15, -0.1) is 0 Å². The van der Waals surface area contributed by atoms with Gasteiger partial charge in [-0.3, -0.25) is 4.79 Å². The second-order valence-corrected chi connectivity index (χ2v) is 6.34. The lowest BCUT2D eigenvalue weighted by molar-refractivity contribution is -0.147. The molecule has 0 aromatic rings. The fourth-order valence-corrected chi connectivity index (χ4v) is 2.94. The van der Waals surface area contributed by atoms with Gasteiger partial charge in [-0.05, 0) is 16.7 Å². The van der Waals surface area contributed by atoms with Crippen molar-refractivity contribution in [2.24, 2.45) is 22.7 Å². The average molecular weight is 200 g/mol. The van der Waals surface area contributed by atoms with Gasteiger partial charge in [0.25, 0.3) is 0 Å². The van der Waals surface area contributed by atoms with E-state index in [0.29, 0.717) is 0 Å². The van der Waals surface area contributed by atoms with Crippen molar-refractivity contribution >= 4 is 5.97 Å². The highest BCUT2D eigenvalue weighted by atomic mass is 16.4. The highest BCUT2D eigenvalue weighted by Gasteiger charge is 2.41. The summed E-state index contributed by atoms with van der Waals surface area (Å²) in [5.74, 6) is -0.817. The Morgan fingerprint density at radius 1 is 1.00 bits per heavy atom. The molecule has 14 heavy (non-hydrogen) atoms. The van der Waals surface area contributed by atoms with Crippen LogP contribution in [0.5, 0.6) is 0 Å². The van der Waals surface area contributed by atoms with E-state index in [1.807, 2.05) is 6.92 Å². The lowest BCUT2D eigenvalue weighted by Gasteiger charge is -2.43. The molecule has 0 saturated carbocycles. The van der Waals surface area contributed by atoms with E-state index in [9.17, 15) is 4.79 Å². The number of carbonyl (C=O) groups is 1. The van der Waals surface area contributed by atoms with Crippen LogP contribution in [0.1, 0.15) is 48.5 Å². The molecule has 1 N–H and O–H groups in total. The normalized spacial score (nSPS) is 15.7. The highest BCUT2D eigenvalue weighted by molar-refractivity contribution is 5.70. The largest absolute Gasteiger partial charge is 0.481 e. The molecule has 0 amide bonds. The predicted octanol–water partition coefficient (Wildman–Crippen LogP) is 3.42. The molecule has 0 aliphatic carbocycles. The Kier molecular flexibility index (Phi) is 3.77. The maximum absolute atomic E-state index is 11.0. The Hall–Kier alpha value is -0.530. The standard InChI is InChI=1S/C12H24O2/c1-8(10(13)14)9(11(2,3)4)12(5,6)7/h8-9H,1-7H3,(H,13,14). The predicted molar refractivity (Wildman–Crippen MR) is 59.2 cm³/mol. The Morgan fingerprint density at radius 3 is 1.36 bits per heavy atom. The van der Waals surface area contributed by atoms with Gasteiger partial charge in [0.05, 0.1) is 5.92 Å². The smallest absolute Gasteiger partial charge is 0.306 e.